The van der Waals surface area contributed by atoms with Crippen LogP contribution in [0.15, 0.2) is 18.2 Å². The van der Waals surface area contributed by atoms with E-state index in [1.165, 1.54) is 24.8 Å². The average Bonchev–Trinajstić information content (AvgIpc) is 3.18. The Kier molecular flexibility index (Phi) is 4.53. The molecule has 4 nitrogen and oxygen atoms in total. The summed E-state index contributed by atoms with van der Waals surface area (Å²) in [5, 5.41) is 21.7. The van der Waals surface area contributed by atoms with E-state index in [1.54, 1.807) is 0 Å². The van der Waals surface area contributed by atoms with E-state index in [2.05, 4.69) is 24.8 Å². The number of phenols is 1. The summed E-state index contributed by atoms with van der Waals surface area (Å²) in [4.78, 5) is 2.45. The minimum absolute atomic E-state index is 0.0159. The zero-order chi connectivity index (χ0) is 19.5. The Morgan fingerprint density at radius 2 is 1.96 bits per heavy atom. The number of nitrogens with zero attached hydrogens (tertiary/aromatic N) is 1. The Bertz CT molecular complexity index is 741. The number of rotatable bonds is 3. The summed E-state index contributed by atoms with van der Waals surface area (Å²) in [5.41, 5.74) is 2.24. The highest BCUT2D eigenvalue weighted by Crippen LogP contribution is 2.70. The number of hydrogen-bond acceptors (Lipinski definition) is 4. The number of phenolic OH excluding ortho intramolecular Hbond substituents is 1. The number of aromatic hydroxyl groups is 1. The van der Waals surface area contributed by atoms with Crippen molar-refractivity contribution in [2.45, 2.75) is 71.1 Å². The van der Waals surface area contributed by atoms with Gasteiger partial charge in [0.2, 0.25) is 0 Å². The minimum atomic E-state index is -0.236. The molecular weight excluding hydrogens is 350 g/mol. The van der Waals surface area contributed by atoms with Crippen LogP contribution in [0.4, 0.5) is 0 Å². The molecule has 0 aromatic heterocycles. The Morgan fingerprint density at radius 3 is 2.71 bits per heavy atom. The fourth-order valence-electron chi connectivity index (χ4n) is 7.02. The van der Waals surface area contributed by atoms with Crippen LogP contribution in [-0.4, -0.2) is 40.9 Å². The molecule has 28 heavy (non-hydrogen) atoms. The first-order valence-electron chi connectivity index (χ1n) is 11.3. The predicted octanol–water partition coefficient (Wildman–Crippen LogP) is 4.25. The highest BCUT2D eigenvalue weighted by molar-refractivity contribution is 5.38. The molecule has 1 aromatic carbocycles. The standard InChI is InChI=1S/C24H35NO3/c1-23(2)18-13-19-21(28-11-8-24(19,14-18)22(23)27)16-6-7-20(26)17(12-16)15-25-9-4-3-5-10-25/h6-7,12,18-19,21-22,26-27H,3-5,8-11,13-15H2,1-2H3/t18-,19-,21-,22-,24+/m1/s1. The normalized spacial score (nSPS) is 39.8. The molecule has 4 aliphatic rings. The van der Waals surface area contributed by atoms with E-state index in [4.69, 9.17) is 4.74 Å². The van der Waals surface area contributed by atoms with Crippen molar-refractivity contribution >= 4 is 0 Å². The van der Waals surface area contributed by atoms with Gasteiger partial charge in [0.05, 0.1) is 12.2 Å². The maximum absolute atomic E-state index is 11.2. The van der Waals surface area contributed by atoms with Crippen LogP contribution >= 0.6 is 0 Å². The summed E-state index contributed by atoms with van der Waals surface area (Å²) in [5.74, 6) is 1.37. The molecule has 2 bridgehead atoms. The molecule has 2 saturated carbocycles. The van der Waals surface area contributed by atoms with Gasteiger partial charge in [-0.3, -0.25) is 4.90 Å². The number of hydrogen-bond donors (Lipinski definition) is 2. The number of ether oxygens (including phenoxy) is 1. The van der Waals surface area contributed by atoms with Crippen LogP contribution in [0.1, 0.15) is 69.6 Å². The van der Waals surface area contributed by atoms with Crippen molar-refractivity contribution in [3.05, 3.63) is 29.3 Å². The number of aliphatic hydroxyl groups excluding tert-OH is 1. The Labute approximate surface area is 168 Å². The summed E-state index contributed by atoms with van der Waals surface area (Å²) in [6.07, 6.45) is 6.92. The second-order valence-corrected chi connectivity index (χ2v) is 10.5. The van der Waals surface area contributed by atoms with Gasteiger partial charge in [-0.05, 0) is 80.1 Å². The number of aliphatic hydroxyl groups is 1. The van der Waals surface area contributed by atoms with E-state index < -0.39 is 0 Å². The Morgan fingerprint density at radius 1 is 1.18 bits per heavy atom. The van der Waals surface area contributed by atoms with Crippen molar-refractivity contribution in [3.63, 3.8) is 0 Å². The smallest absolute Gasteiger partial charge is 0.120 e. The first-order chi connectivity index (χ1) is 13.4. The molecule has 4 fully saturated rings. The van der Waals surface area contributed by atoms with Gasteiger partial charge in [0.25, 0.3) is 0 Å². The van der Waals surface area contributed by atoms with Gasteiger partial charge in [-0.2, -0.15) is 0 Å². The van der Waals surface area contributed by atoms with E-state index in [9.17, 15) is 10.2 Å². The van der Waals surface area contributed by atoms with Crippen LogP contribution in [0, 0.1) is 22.7 Å². The quantitative estimate of drug-likeness (QED) is 0.817. The molecule has 154 valence electrons. The second-order valence-electron chi connectivity index (χ2n) is 10.5. The maximum Gasteiger partial charge on any atom is 0.120 e. The molecule has 2 heterocycles. The van der Waals surface area contributed by atoms with Gasteiger partial charge < -0.3 is 14.9 Å². The molecule has 0 amide bonds. The summed E-state index contributed by atoms with van der Waals surface area (Å²) in [7, 11) is 0. The number of piperidine rings is 1. The zero-order valence-corrected chi connectivity index (χ0v) is 17.4. The third-order valence-electron chi connectivity index (χ3n) is 8.71. The minimum Gasteiger partial charge on any atom is -0.508 e. The molecule has 5 atom stereocenters. The Balaban J connectivity index is 1.41. The number of likely N-dealkylation sites (tertiary alicyclic amines) is 1. The lowest BCUT2D eigenvalue weighted by molar-refractivity contribution is -0.164. The van der Waals surface area contributed by atoms with Crippen molar-refractivity contribution in [1.82, 2.24) is 4.90 Å². The average molecular weight is 386 g/mol. The monoisotopic (exact) mass is 385 g/mol. The van der Waals surface area contributed by atoms with Crippen molar-refractivity contribution in [2.24, 2.45) is 22.7 Å². The topological polar surface area (TPSA) is 52.9 Å². The molecule has 4 heteroatoms. The highest BCUT2D eigenvalue weighted by Gasteiger charge is 2.68. The van der Waals surface area contributed by atoms with Gasteiger partial charge in [-0.25, -0.2) is 0 Å². The van der Waals surface area contributed by atoms with Crippen LogP contribution in [0.25, 0.3) is 0 Å². The molecule has 0 radical (unpaired) electrons. The van der Waals surface area contributed by atoms with E-state index in [0.29, 0.717) is 17.6 Å². The van der Waals surface area contributed by atoms with Crippen molar-refractivity contribution < 1.29 is 14.9 Å². The van der Waals surface area contributed by atoms with Crippen molar-refractivity contribution in [2.75, 3.05) is 19.7 Å². The van der Waals surface area contributed by atoms with E-state index >= 15 is 0 Å². The molecule has 2 aliphatic carbocycles. The summed E-state index contributed by atoms with van der Waals surface area (Å²) in [6, 6.07) is 6.08. The lowest BCUT2D eigenvalue weighted by Crippen LogP contribution is -2.51. The fourth-order valence-corrected chi connectivity index (χ4v) is 7.02. The SMILES string of the molecule is CC1(C)[C@@H]2C[C@@H]3[C@@H](c4ccc(O)c(CN5CCCCC5)c4)OCC[C@@]3(C2)[C@@H]1O. The van der Waals surface area contributed by atoms with Gasteiger partial charge in [0.15, 0.2) is 0 Å². The molecule has 2 N–H and O–H groups in total. The van der Waals surface area contributed by atoms with Crippen LogP contribution in [0.2, 0.25) is 0 Å². The molecule has 2 saturated heterocycles. The molecular formula is C24H35NO3. The van der Waals surface area contributed by atoms with E-state index in [-0.39, 0.29) is 23.0 Å². The van der Waals surface area contributed by atoms with Gasteiger partial charge >= 0.3 is 0 Å². The molecule has 0 unspecified atom stereocenters. The third kappa shape index (κ3) is 2.75. The number of benzene rings is 1. The van der Waals surface area contributed by atoms with E-state index in [1.807, 2.05) is 12.1 Å². The maximum atomic E-state index is 11.2. The summed E-state index contributed by atoms with van der Waals surface area (Å²) in [6.45, 7) is 8.28. The molecule has 1 spiro atoms. The highest BCUT2D eigenvalue weighted by atomic mass is 16.5. The molecule has 1 aromatic rings. The zero-order valence-electron chi connectivity index (χ0n) is 17.4. The largest absolute Gasteiger partial charge is 0.508 e. The fraction of sp³-hybridized carbons (Fsp3) is 0.750. The number of fused-ring (bicyclic) bond motifs is 1. The van der Waals surface area contributed by atoms with Crippen LogP contribution in [-0.2, 0) is 11.3 Å². The predicted molar refractivity (Wildman–Crippen MR) is 109 cm³/mol. The van der Waals surface area contributed by atoms with Gasteiger partial charge in [0.1, 0.15) is 5.75 Å². The Hall–Kier alpha value is -1.10. The molecule has 5 rings (SSSR count). The third-order valence-corrected chi connectivity index (χ3v) is 8.71. The van der Waals surface area contributed by atoms with Crippen LogP contribution in [0.5, 0.6) is 5.75 Å². The molecule has 2 aliphatic heterocycles. The first-order valence-corrected chi connectivity index (χ1v) is 11.3. The van der Waals surface area contributed by atoms with Crippen LogP contribution in [0.3, 0.4) is 0 Å². The van der Waals surface area contributed by atoms with Gasteiger partial charge in [-0.1, -0.05) is 26.3 Å². The second kappa shape index (κ2) is 6.72. The first kappa shape index (κ1) is 18.9. The lowest BCUT2D eigenvalue weighted by atomic mass is 9.60. The van der Waals surface area contributed by atoms with Gasteiger partial charge in [0, 0.05) is 24.1 Å². The van der Waals surface area contributed by atoms with Gasteiger partial charge in [-0.15, -0.1) is 0 Å². The summed E-state index contributed by atoms with van der Waals surface area (Å²) < 4.78 is 6.32. The van der Waals surface area contributed by atoms with E-state index in [0.717, 1.165) is 51.1 Å². The summed E-state index contributed by atoms with van der Waals surface area (Å²) >= 11 is 0. The van der Waals surface area contributed by atoms with Crippen molar-refractivity contribution in [1.29, 1.82) is 0 Å². The lowest BCUT2D eigenvalue weighted by Gasteiger charge is -2.51. The van der Waals surface area contributed by atoms with Crippen LogP contribution < -0.4 is 0 Å². The van der Waals surface area contributed by atoms with Crippen molar-refractivity contribution in [3.8, 4) is 5.75 Å².